The molecule has 1 rings (SSSR count). The van der Waals surface area contributed by atoms with E-state index in [1.165, 1.54) is 0 Å². The molecule has 4 nitrogen and oxygen atoms in total. The van der Waals surface area contributed by atoms with Gasteiger partial charge in [-0.3, -0.25) is 4.79 Å². The number of rotatable bonds is 5. The van der Waals surface area contributed by atoms with Crippen molar-refractivity contribution in [3.05, 3.63) is 0 Å². The fourth-order valence-electron chi connectivity index (χ4n) is 2.23. The van der Waals surface area contributed by atoms with Gasteiger partial charge in [-0.1, -0.05) is 13.8 Å². The van der Waals surface area contributed by atoms with Crippen LogP contribution in [0.1, 0.15) is 27.2 Å². The van der Waals surface area contributed by atoms with Gasteiger partial charge in [0.05, 0.1) is 13.0 Å². The molecule has 1 aliphatic heterocycles. The number of likely N-dealkylation sites (tertiary alicyclic amines) is 1. The van der Waals surface area contributed by atoms with Gasteiger partial charge in [0, 0.05) is 25.7 Å². The van der Waals surface area contributed by atoms with Gasteiger partial charge in [-0.15, -0.1) is 0 Å². The van der Waals surface area contributed by atoms with Crippen LogP contribution >= 0.6 is 0 Å². The Morgan fingerprint density at radius 2 is 2.19 bits per heavy atom. The first-order chi connectivity index (χ1) is 7.56. The highest BCUT2D eigenvalue weighted by Crippen LogP contribution is 2.23. The predicted molar refractivity (Wildman–Crippen MR) is 64.0 cm³/mol. The molecule has 0 aromatic heterocycles. The number of nitrogens with two attached hydrogens (primary N) is 1. The molecule has 1 fully saturated rings. The normalized spacial score (nSPS) is 25.4. The van der Waals surface area contributed by atoms with E-state index in [2.05, 4.69) is 13.8 Å². The average Bonchev–Trinajstić information content (AvgIpc) is 2.60. The molecule has 0 aliphatic carbocycles. The molecule has 2 atom stereocenters. The third-order valence-electron chi connectivity index (χ3n) is 3.29. The molecule has 16 heavy (non-hydrogen) atoms. The smallest absolute Gasteiger partial charge is 0.224 e. The van der Waals surface area contributed by atoms with Crippen LogP contribution in [0.3, 0.4) is 0 Å². The second-order valence-electron chi connectivity index (χ2n) is 4.82. The SMILES string of the molecule is CCOCCC(=O)N1C[C@@H](N)[C@H](C(C)C)C1. The fourth-order valence-corrected chi connectivity index (χ4v) is 2.23. The van der Waals surface area contributed by atoms with Crippen molar-refractivity contribution in [1.29, 1.82) is 0 Å². The molecule has 94 valence electrons. The third kappa shape index (κ3) is 3.46. The molecule has 0 aromatic rings. The van der Waals surface area contributed by atoms with Crippen molar-refractivity contribution in [3.63, 3.8) is 0 Å². The second-order valence-corrected chi connectivity index (χ2v) is 4.82. The number of carbonyl (C=O) groups excluding carboxylic acids is 1. The Balaban J connectivity index is 2.36. The summed E-state index contributed by atoms with van der Waals surface area (Å²) in [6.07, 6.45) is 0.478. The molecule has 0 spiro atoms. The summed E-state index contributed by atoms with van der Waals surface area (Å²) in [7, 11) is 0. The third-order valence-corrected chi connectivity index (χ3v) is 3.29. The molecular weight excluding hydrogens is 204 g/mol. The van der Waals surface area contributed by atoms with Crippen LogP contribution in [0.2, 0.25) is 0 Å². The van der Waals surface area contributed by atoms with Gasteiger partial charge in [-0.2, -0.15) is 0 Å². The first-order valence-electron chi connectivity index (χ1n) is 6.17. The van der Waals surface area contributed by atoms with Crippen molar-refractivity contribution < 1.29 is 9.53 Å². The molecule has 4 heteroatoms. The van der Waals surface area contributed by atoms with Crippen LogP contribution in [0.4, 0.5) is 0 Å². The first kappa shape index (κ1) is 13.5. The molecule has 0 unspecified atom stereocenters. The highest BCUT2D eigenvalue weighted by atomic mass is 16.5. The first-order valence-corrected chi connectivity index (χ1v) is 6.17. The van der Waals surface area contributed by atoms with E-state index in [0.717, 1.165) is 6.54 Å². The van der Waals surface area contributed by atoms with Gasteiger partial charge in [-0.25, -0.2) is 0 Å². The van der Waals surface area contributed by atoms with Crippen molar-refractivity contribution in [2.24, 2.45) is 17.6 Å². The van der Waals surface area contributed by atoms with Gasteiger partial charge in [0.1, 0.15) is 0 Å². The lowest BCUT2D eigenvalue weighted by Gasteiger charge is -2.18. The summed E-state index contributed by atoms with van der Waals surface area (Å²) in [5.74, 6) is 1.16. The Morgan fingerprint density at radius 1 is 1.50 bits per heavy atom. The zero-order valence-corrected chi connectivity index (χ0v) is 10.6. The Bertz CT molecular complexity index is 231. The highest BCUT2D eigenvalue weighted by Gasteiger charge is 2.34. The fraction of sp³-hybridized carbons (Fsp3) is 0.917. The van der Waals surface area contributed by atoms with E-state index in [4.69, 9.17) is 10.5 Å². The van der Waals surface area contributed by atoms with E-state index in [-0.39, 0.29) is 11.9 Å². The molecule has 1 saturated heterocycles. The quantitative estimate of drug-likeness (QED) is 0.710. The maximum Gasteiger partial charge on any atom is 0.224 e. The van der Waals surface area contributed by atoms with Gasteiger partial charge in [0.25, 0.3) is 0 Å². The van der Waals surface area contributed by atoms with Crippen LogP contribution in [-0.4, -0.2) is 43.2 Å². The summed E-state index contributed by atoms with van der Waals surface area (Å²) >= 11 is 0. The summed E-state index contributed by atoms with van der Waals surface area (Å²) in [6, 6.07) is 0.135. The maximum atomic E-state index is 11.8. The molecule has 1 heterocycles. The van der Waals surface area contributed by atoms with Crippen LogP contribution in [-0.2, 0) is 9.53 Å². The summed E-state index contributed by atoms with van der Waals surface area (Å²) in [4.78, 5) is 13.7. The number of hydrogen-bond acceptors (Lipinski definition) is 3. The molecule has 0 bridgehead atoms. The van der Waals surface area contributed by atoms with Crippen LogP contribution in [0, 0.1) is 11.8 Å². The summed E-state index contributed by atoms with van der Waals surface area (Å²) < 4.78 is 5.19. The van der Waals surface area contributed by atoms with Crippen LogP contribution in [0.25, 0.3) is 0 Å². The van der Waals surface area contributed by atoms with Crippen molar-refractivity contribution >= 4 is 5.91 Å². The van der Waals surface area contributed by atoms with Crippen molar-refractivity contribution in [2.75, 3.05) is 26.3 Å². The highest BCUT2D eigenvalue weighted by molar-refractivity contribution is 5.76. The standard InChI is InChI=1S/C12H24N2O2/c1-4-16-6-5-12(15)14-7-10(9(2)3)11(13)8-14/h9-11H,4-8,13H2,1-3H3/t10-,11+/m0/s1. The van der Waals surface area contributed by atoms with E-state index in [9.17, 15) is 4.79 Å². The van der Waals surface area contributed by atoms with Crippen molar-refractivity contribution in [2.45, 2.75) is 33.2 Å². The number of amides is 1. The Kier molecular flexibility index (Phi) is 5.22. The number of hydrogen-bond donors (Lipinski definition) is 1. The molecule has 0 aromatic carbocycles. The second kappa shape index (κ2) is 6.21. The zero-order valence-electron chi connectivity index (χ0n) is 10.6. The van der Waals surface area contributed by atoms with Crippen LogP contribution in [0.5, 0.6) is 0 Å². The van der Waals surface area contributed by atoms with E-state index < -0.39 is 0 Å². The van der Waals surface area contributed by atoms with E-state index in [1.807, 2.05) is 11.8 Å². The van der Waals surface area contributed by atoms with Crippen molar-refractivity contribution in [1.82, 2.24) is 4.90 Å². The van der Waals surface area contributed by atoms with Gasteiger partial charge < -0.3 is 15.4 Å². The monoisotopic (exact) mass is 228 g/mol. The van der Waals surface area contributed by atoms with E-state index in [1.54, 1.807) is 0 Å². The van der Waals surface area contributed by atoms with Crippen LogP contribution in [0.15, 0.2) is 0 Å². The maximum absolute atomic E-state index is 11.8. The van der Waals surface area contributed by atoms with Gasteiger partial charge in [0.2, 0.25) is 5.91 Å². The Morgan fingerprint density at radius 3 is 2.69 bits per heavy atom. The summed E-state index contributed by atoms with van der Waals surface area (Å²) in [6.45, 7) is 8.97. The Labute approximate surface area is 98.1 Å². The van der Waals surface area contributed by atoms with Gasteiger partial charge in [-0.05, 0) is 18.8 Å². The minimum absolute atomic E-state index is 0.135. The summed E-state index contributed by atoms with van der Waals surface area (Å²) in [5, 5.41) is 0. The minimum atomic E-state index is 0.135. The van der Waals surface area contributed by atoms with Gasteiger partial charge in [0.15, 0.2) is 0 Å². The number of ether oxygens (including phenoxy) is 1. The minimum Gasteiger partial charge on any atom is -0.381 e. The Hall–Kier alpha value is -0.610. The lowest BCUT2D eigenvalue weighted by atomic mass is 9.92. The van der Waals surface area contributed by atoms with E-state index >= 15 is 0 Å². The molecule has 1 aliphatic rings. The zero-order chi connectivity index (χ0) is 12.1. The number of nitrogens with zero attached hydrogens (tertiary/aromatic N) is 1. The average molecular weight is 228 g/mol. The van der Waals surface area contributed by atoms with Crippen LogP contribution < -0.4 is 5.73 Å². The molecule has 0 saturated carbocycles. The molecule has 2 N–H and O–H groups in total. The van der Waals surface area contributed by atoms with Crippen molar-refractivity contribution in [3.8, 4) is 0 Å². The molecule has 0 radical (unpaired) electrons. The summed E-state index contributed by atoms with van der Waals surface area (Å²) in [5.41, 5.74) is 6.04. The lowest BCUT2D eigenvalue weighted by Crippen LogP contribution is -2.33. The largest absolute Gasteiger partial charge is 0.381 e. The van der Waals surface area contributed by atoms with Gasteiger partial charge >= 0.3 is 0 Å². The van der Waals surface area contributed by atoms with E-state index in [0.29, 0.717) is 38.0 Å². The number of carbonyl (C=O) groups is 1. The predicted octanol–water partition coefficient (Wildman–Crippen LogP) is 0.855. The topological polar surface area (TPSA) is 55.6 Å². The molecular formula is C12H24N2O2. The lowest BCUT2D eigenvalue weighted by molar-refractivity contribution is -0.131. The molecule has 1 amide bonds.